The summed E-state index contributed by atoms with van der Waals surface area (Å²) in [6.07, 6.45) is 0. The predicted molar refractivity (Wildman–Crippen MR) is 56.2 cm³/mol. The monoisotopic (exact) mass is 209 g/mol. The van der Waals surface area contributed by atoms with Crippen LogP contribution in [0, 0.1) is 0 Å². The van der Waals surface area contributed by atoms with Gasteiger partial charge in [-0.3, -0.25) is 0 Å². The largest absolute Gasteiger partial charge is 0.462 e. The van der Waals surface area contributed by atoms with Crippen LogP contribution in [0.2, 0.25) is 0 Å². The highest BCUT2D eigenvalue weighted by Gasteiger charge is 2.16. The fourth-order valence-electron chi connectivity index (χ4n) is 1.11. The maximum atomic E-state index is 11.4. The van der Waals surface area contributed by atoms with Crippen LogP contribution in [0.1, 0.15) is 11.6 Å². The van der Waals surface area contributed by atoms with E-state index in [1.54, 1.807) is 19.2 Å². The minimum atomic E-state index is -0.719. The van der Waals surface area contributed by atoms with Gasteiger partial charge < -0.3 is 15.2 Å². The Labute approximate surface area is 89.0 Å². The van der Waals surface area contributed by atoms with E-state index in [-0.39, 0.29) is 6.61 Å². The van der Waals surface area contributed by atoms with E-state index in [1.807, 2.05) is 18.2 Å². The molecule has 0 fully saturated rings. The molecule has 1 atom stereocenters. The molecule has 4 nitrogen and oxygen atoms in total. The number of hydrogen-bond acceptors (Lipinski definition) is 4. The van der Waals surface area contributed by atoms with E-state index in [1.165, 1.54) is 0 Å². The molecule has 1 aromatic rings. The topological polar surface area (TPSA) is 61.5 Å². The van der Waals surface area contributed by atoms with Gasteiger partial charge in [-0.15, -0.1) is 0 Å². The maximum absolute atomic E-state index is 11.4. The molecule has 0 saturated heterocycles. The second kappa shape index (κ2) is 6.16. The molecule has 0 radical (unpaired) electrons. The number of rotatable bonds is 5. The minimum Gasteiger partial charge on any atom is -0.462 e. The molecule has 0 spiro atoms. The molecule has 0 amide bonds. The Balaban J connectivity index is 2.46. The summed E-state index contributed by atoms with van der Waals surface area (Å²) in [5.41, 5.74) is 6.46. The van der Waals surface area contributed by atoms with E-state index in [9.17, 15) is 4.79 Å². The molecule has 0 aliphatic heterocycles. The molecule has 2 N–H and O–H groups in total. The van der Waals surface area contributed by atoms with Crippen molar-refractivity contribution in [2.75, 3.05) is 20.3 Å². The summed E-state index contributed by atoms with van der Waals surface area (Å²) in [5, 5.41) is 0. The van der Waals surface area contributed by atoms with Gasteiger partial charge in [0.15, 0.2) is 0 Å². The van der Waals surface area contributed by atoms with Gasteiger partial charge in [-0.1, -0.05) is 30.3 Å². The number of carbonyl (C=O) groups excluding carboxylic acids is 1. The molecule has 1 unspecified atom stereocenters. The lowest BCUT2D eigenvalue weighted by atomic mass is 10.1. The second-order valence-corrected chi connectivity index (χ2v) is 3.05. The average molecular weight is 209 g/mol. The Morgan fingerprint density at radius 2 is 2.00 bits per heavy atom. The Kier molecular flexibility index (Phi) is 4.80. The molecule has 4 heteroatoms. The first-order valence-corrected chi connectivity index (χ1v) is 4.72. The van der Waals surface area contributed by atoms with E-state index in [4.69, 9.17) is 15.2 Å². The standard InChI is InChI=1S/C11H15NO3/c1-14-7-8-15-11(13)10(12)9-5-3-2-4-6-9/h2-6,10H,7-8,12H2,1H3. The Morgan fingerprint density at radius 1 is 1.33 bits per heavy atom. The highest BCUT2D eigenvalue weighted by atomic mass is 16.6. The van der Waals surface area contributed by atoms with Crippen LogP contribution >= 0.6 is 0 Å². The van der Waals surface area contributed by atoms with Crippen LogP contribution in [-0.2, 0) is 14.3 Å². The molecular formula is C11H15NO3. The first-order chi connectivity index (χ1) is 7.25. The van der Waals surface area contributed by atoms with Crippen molar-refractivity contribution in [1.82, 2.24) is 0 Å². The van der Waals surface area contributed by atoms with Crippen LogP contribution in [0.5, 0.6) is 0 Å². The van der Waals surface area contributed by atoms with E-state index >= 15 is 0 Å². The number of esters is 1. The highest BCUT2D eigenvalue weighted by Crippen LogP contribution is 2.10. The molecule has 1 aromatic carbocycles. The quantitative estimate of drug-likeness (QED) is 0.577. The van der Waals surface area contributed by atoms with Gasteiger partial charge in [0.05, 0.1) is 6.61 Å². The number of hydrogen-bond donors (Lipinski definition) is 1. The number of nitrogens with two attached hydrogens (primary N) is 1. The smallest absolute Gasteiger partial charge is 0.327 e. The second-order valence-electron chi connectivity index (χ2n) is 3.05. The summed E-state index contributed by atoms with van der Waals surface area (Å²) >= 11 is 0. The van der Waals surface area contributed by atoms with Crippen molar-refractivity contribution in [3.8, 4) is 0 Å². The summed E-state index contributed by atoms with van der Waals surface area (Å²) in [6.45, 7) is 0.614. The van der Waals surface area contributed by atoms with Gasteiger partial charge in [-0.25, -0.2) is 4.79 Å². The van der Waals surface area contributed by atoms with Crippen molar-refractivity contribution >= 4 is 5.97 Å². The van der Waals surface area contributed by atoms with Crippen LogP contribution in [0.4, 0.5) is 0 Å². The van der Waals surface area contributed by atoms with Crippen molar-refractivity contribution < 1.29 is 14.3 Å². The fraction of sp³-hybridized carbons (Fsp3) is 0.364. The van der Waals surface area contributed by atoms with Crippen molar-refractivity contribution in [3.05, 3.63) is 35.9 Å². The Bertz CT molecular complexity index is 300. The van der Waals surface area contributed by atoms with Gasteiger partial charge in [0, 0.05) is 7.11 Å². The van der Waals surface area contributed by atoms with E-state index in [2.05, 4.69) is 0 Å². The van der Waals surface area contributed by atoms with E-state index < -0.39 is 12.0 Å². The van der Waals surface area contributed by atoms with Gasteiger partial charge in [0.25, 0.3) is 0 Å². The zero-order valence-corrected chi connectivity index (χ0v) is 8.68. The Hall–Kier alpha value is -1.39. The molecular weight excluding hydrogens is 194 g/mol. The fourth-order valence-corrected chi connectivity index (χ4v) is 1.11. The van der Waals surface area contributed by atoms with Crippen LogP contribution in [0.25, 0.3) is 0 Å². The predicted octanol–water partition coefficient (Wildman–Crippen LogP) is 0.876. The molecule has 0 aliphatic carbocycles. The van der Waals surface area contributed by atoms with Crippen molar-refractivity contribution in [2.24, 2.45) is 5.73 Å². The molecule has 0 saturated carbocycles. The summed E-state index contributed by atoms with van der Waals surface area (Å²) in [6, 6.07) is 8.40. The molecule has 82 valence electrons. The van der Waals surface area contributed by atoms with E-state index in [0.29, 0.717) is 6.61 Å². The van der Waals surface area contributed by atoms with Crippen LogP contribution in [0.15, 0.2) is 30.3 Å². The number of carbonyl (C=O) groups is 1. The summed E-state index contributed by atoms with van der Waals surface area (Å²) in [4.78, 5) is 11.4. The van der Waals surface area contributed by atoms with Gasteiger partial charge in [0.2, 0.25) is 0 Å². The first kappa shape index (κ1) is 11.7. The summed E-state index contributed by atoms with van der Waals surface area (Å²) in [7, 11) is 1.55. The maximum Gasteiger partial charge on any atom is 0.327 e. The van der Waals surface area contributed by atoms with E-state index in [0.717, 1.165) is 5.56 Å². The first-order valence-electron chi connectivity index (χ1n) is 4.72. The molecule has 0 aliphatic rings. The minimum absolute atomic E-state index is 0.232. The lowest BCUT2D eigenvalue weighted by Crippen LogP contribution is -2.24. The average Bonchev–Trinajstić information content (AvgIpc) is 2.29. The third-order valence-corrected chi connectivity index (χ3v) is 1.94. The van der Waals surface area contributed by atoms with Crippen LogP contribution in [0.3, 0.4) is 0 Å². The number of ether oxygens (including phenoxy) is 2. The number of methoxy groups -OCH3 is 1. The van der Waals surface area contributed by atoms with Gasteiger partial charge in [-0.2, -0.15) is 0 Å². The third kappa shape index (κ3) is 3.69. The van der Waals surface area contributed by atoms with Gasteiger partial charge in [0.1, 0.15) is 12.6 Å². The Morgan fingerprint density at radius 3 is 2.60 bits per heavy atom. The van der Waals surface area contributed by atoms with Crippen molar-refractivity contribution in [3.63, 3.8) is 0 Å². The van der Waals surface area contributed by atoms with Gasteiger partial charge in [-0.05, 0) is 5.56 Å². The lowest BCUT2D eigenvalue weighted by molar-refractivity contribution is -0.146. The number of benzene rings is 1. The molecule has 0 aromatic heterocycles. The molecule has 1 rings (SSSR count). The lowest BCUT2D eigenvalue weighted by Gasteiger charge is -2.11. The summed E-state index contributed by atoms with van der Waals surface area (Å²) < 4.78 is 9.67. The van der Waals surface area contributed by atoms with Gasteiger partial charge >= 0.3 is 5.97 Å². The molecule has 15 heavy (non-hydrogen) atoms. The van der Waals surface area contributed by atoms with Crippen molar-refractivity contribution in [1.29, 1.82) is 0 Å². The normalized spacial score (nSPS) is 12.1. The van der Waals surface area contributed by atoms with Crippen LogP contribution < -0.4 is 5.73 Å². The summed E-state index contributed by atoms with van der Waals surface area (Å²) in [5.74, 6) is -0.432. The molecule has 0 heterocycles. The SMILES string of the molecule is COCCOC(=O)C(N)c1ccccc1. The third-order valence-electron chi connectivity index (χ3n) is 1.94. The molecule has 0 bridgehead atoms. The zero-order chi connectivity index (χ0) is 11.1. The van der Waals surface area contributed by atoms with Crippen molar-refractivity contribution in [2.45, 2.75) is 6.04 Å². The van der Waals surface area contributed by atoms with Crippen LogP contribution in [-0.4, -0.2) is 26.3 Å². The highest BCUT2D eigenvalue weighted by molar-refractivity contribution is 5.77. The zero-order valence-electron chi connectivity index (χ0n) is 8.68.